The average molecular weight is 348 g/mol. The molecular formula is C14H8BrClN4. The molecule has 0 saturated heterocycles. The third kappa shape index (κ3) is 1.94. The highest BCUT2D eigenvalue weighted by molar-refractivity contribution is 9.10. The van der Waals surface area contributed by atoms with Crippen molar-refractivity contribution >= 4 is 44.5 Å². The van der Waals surface area contributed by atoms with E-state index in [2.05, 4.69) is 27.0 Å². The van der Waals surface area contributed by atoms with Crippen LogP contribution in [0.1, 0.15) is 5.56 Å². The number of imidazole rings is 1. The molecule has 0 spiro atoms. The number of benzene rings is 2. The van der Waals surface area contributed by atoms with E-state index in [0.717, 1.165) is 15.7 Å². The number of hydrogen-bond acceptors (Lipinski definition) is 3. The van der Waals surface area contributed by atoms with E-state index in [1.807, 2.05) is 18.2 Å². The number of anilines is 1. The van der Waals surface area contributed by atoms with Gasteiger partial charge in [0.15, 0.2) is 0 Å². The third-order valence-electron chi connectivity index (χ3n) is 2.98. The smallest absolute Gasteiger partial charge is 0.206 e. The fourth-order valence-corrected chi connectivity index (χ4v) is 2.67. The molecule has 0 fully saturated rings. The minimum absolute atomic E-state index is 0.294. The first-order valence-electron chi connectivity index (χ1n) is 5.74. The zero-order valence-corrected chi connectivity index (χ0v) is 12.5. The number of para-hydroxylation sites is 1. The van der Waals surface area contributed by atoms with Gasteiger partial charge in [-0.2, -0.15) is 5.26 Å². The molecule has 1 aromatic heterocycles. The van der Waals surface area contributed by atoms with Crippen LogP contribution in [0.25, 0.3) is 16.7 Å². The van der Waals surface area contributed by atoms with Crippen LogP contribution in [0.3, 0.4) is 0 Å². The van der Waals surface area contributed by atoms with Crippen molar-refractivity contribution in [1.29, 1.82) is 5.26 Å². The van der Waals surface area contributed by atoms with Gasteiger partial charge in [0.05, 0.1) is 21.8 Å². The molecule has 0 unspecified atom stereocenters. The molecule has 98 valence electrons. The summed E-state index contributed by atoms with van der Waals surface area (Å²) in [6, 6.07) is 13.0. The third-order valence-corrected chi connectivity index (χ3v) is 3.79. The predicted molar refractivity (Wildman–Crippen MR) is 82.9 cm³/mol. The summed E-state index contributed by atoms with van der Waals surface area (Å²) >= 11 is 9.66. The zero-order chi connectivity index (χ0) is 14.3. The highest BCUT2D eigenvalue weighted by Gasteiger charge is 2.15. The standard InChI is InChI=1S/C14H8BrClN4/c15-9-4-5-10(16)12(6-9)20-11-3-1-2-8(7-17)13(11)19-14(20)18/h1-6H,(H2,18,19). The SMILES string of the molecule is N#Cc1cccc2c1nc(N)n2-c1cc(Br)ccc1Cl. The van der Waals surface area contributed by atoms with Crippen LogP contribution in [0.5, 0.6) is 0 Å². The van der Waals surface area contributed by atoms with E-state index >= 15 is 0 Å². The predicted octanol–water partition coefficient (Wildman–Crippen LogP) is 3.90. The first-order chi connectivity index (χ1) is 9.61. The normalized spacial score (nSPS) is 10.7. The van der Waals surface area contributed by atoms with E-state index in [1.165, 1.54) is 0 Å². The average Bonchev–Trinajstić information content (AvgIpc) is 2.77. The zero-order valence-electron chi connectivity index (χ0n) is 10.1. The number of rotatable bonds is 1. The summed E-state index contributed by atoms with van der Waals surface area (Å²) in [7, 11) is 0. The Hall–Kier alpha value is -2.03. The largest absolute Gasteiger partial charge is 0.369 e. The molecule has 0 atom stereocenters. The lowest BCUT2D eigenvalue weighted by atomic mass is 10.2. The maximum absolute atomic E-state index is 9.13. The lowest BCUT2D eigenvalue weighted by Crippen LogP contribution is -2.01. The number of hydrogen-bond donors (Lipinski definition) is 1. The van der Waals surface area contributed by atoms with Gasteiger partial charge in [0.2, 0.25) is 5.95 Å². The summed E-state index contributed by atoms with van der Waals surface area (Å²) < 4.78 is 2.62. The molecule has 0 aliphatic heterocycles. The van der Waals surface area contributed by atoms with Gasteiger partial charge in [-0.05, 0) is 30.3 Å². The van der Waals surface area contributed by atoms with Gasteiger partial charge in [-0.3, -0.25) is 4.57 Å². The monoisotopic (exact) mass is 346 g/mol. The lowest BCUT2D eigenvalue weighted by Gasteiger charge is -2.09. The van der Waals surface area contributed by atoms with Gasteiger partial charge in [-0.15, -0.1) is 0 Å². The number of aromatic nitrogens is 2. The lowest BCUT2D eigenvalue weighted by molar-refractivity contribution is 1.11. The van der Waals surface area contributed by atoms with E-state index in [-0.39, 0.29) is 0 Å². The number of halogens is 2. The van der Waals surface area contributed by atoms with Crippen LogP contribution in [0.4, 0.5) is 5.95 Å². The molecule has 20 heavy (non-hydrogen) atoms. The quantitative estimate of drug-likeness (QED) is 0.726. The van der Waals surface area contributed by atoms with Crippen LogP contribution in [0.15, 0.2) is 40.9 Å². The molecular weight excluding hydrogens is 340 g/mol. The Balaban J connectivity index is 2.40. The minimum Gasteiger partial charge on any atom is -0.369 e. The Morgan fingerprint density at radius 1 is 1.30 bits per heavy atom. The van der Waals surface area contributed by atoms with Gasteiger partial charge < -0.3 is 5.73 Å². The molecule has 0 amide bonds. The van der Waals surface area contributed by atoms with Crippen molar-refractivity contribution in [3.63, 3.8) is 0 Å². The Kier molecular flexibility index (Phi) is 3.13. The highest BCUT2D eigenvalue weighted by atomic mass is 79.9. The maximum Gasteiger partial charge on any atom is 0.206 e. The first kappa shape index (κ1) is 13.0. The van der Waals surface area contributed by atoms with E-state index in [9.17, 15) is 0 Å². The molecule has 0 aliphatic carbocycles. The molecule has 6 heteroatoms. The fraction of sp³-hybridized carbons (Fsp3) is 0. The van der Waals surface area contributed by atoms with Crippen LogP contribution in [-0.4, -0.2) is 9.55 Å². The van der Waals surface area contributed by atoms with Crippen molar-refractivity contribution in [2.75, 3.05) is 5.73 Å². The van der Waals surface area contributed by atoms with Gasteiger partial charge in [0.25, 0.3) is 0 Å². The van der Waals surface area contributed by atoms with Gasteiger partial charge in [-0.25, -0.2) is 4.98 Å². The van der Waals surface area contributed by atoms with Crippen LogP contribution in [-0.2, 0) is 0 Å². The summed E-state index contributed by atoms with van der Waals surface area (Å²) in [5.41, 5.74) is 8.52. The van der Waals surface area contributed by atoms with E-state index in [1.54, 1.807) is 22.8 Å². The summed E-state index contributed by atoms with van der Waals surface area (Å²) in [4.78, 5) is 4.28. The van der Waals surface area contributed by atoms with E-state index < -0.39 is 0 Å². The first-order valence-corrected chi connectivity index (χ1v) is 6.91. The fourth-order valence-electron chi connectivity index (χ4n) is 2.12. The second-order valence-electron chi connectivity index (χ2n) is 4.19. The minimum atomic E-state index is 0.294. The van der Waals surface area contributed by atoms with Crippen LogP contribution >= 0.6 is 27.5 Å². The highest BCUT2D eigenvalue weighted by Crippen LogP contribution is 2.31. The summed E-state index contributed by atoms with van der Waals surface area (Å²) in [5, 5.41) is 9.69. The molecule has 4 nitrogen and oxygen atoms in total. The number of fused-ring (bicyclic) bond motifs is 1. The van der Waals surface area contributed by atoms with Crippen molar-refractivity contribution in [3.8, 4) is 11.8 Å². The molecule has 0 bridgehead atoms. The Morgan fingerprint density at radius 2 is 2.10 bits per heavy atom. The molecule has 3 rings (SSSR count). The second kappa shape index (κ2) is 4.82. The summed E-state index contributed by atoms with van der Waals surface area (Å²) in [6.45, 7) is 0. The molecule has 3 aromatic rings. The number of nitrogens with two attached hydrogens (primary N) is 1. The van der Waals surface area contributed by atoms with Crippen LogP contribution in [0.2, 0.25) is 5.02 Å². The molecule has 0 saturated carbocycles. The number of nitrogen functional groups attached to an aromatic ring is 1. The van der Waals surface area contributed by atoms with E-state index in [0.29, 0.717) is 22.1 Å². The maximum atomic E-state index is 9.13. The molecule has 1 heterocycles. The second-order valence-corrected chi connectivity index (χ2v) is 5.51. The van der Waals surface area contributed by atoms with Gasteiger partial charge >= 0.3 is 0 Å². The molecule has 0 radical (unpaired) electrons. The van der Waals surface area contributed by atoms with Crippen molar-refractivity contribution in [1.82, 2.24) is 9.55 Å². The van der Waals surface area contributed by atoms with Gasteiger partial charge in [0, 0.05) is 4.47 Å². The van der Waals surface area contributed by atoms with Crippen molar-refractivity contribution in [3.05, 3.63) is 51.5 Å². The number of nitriles is 1. The number of nitrogens with zero attached hydrogens (tertiary/aromatic N) is 3. The topological polar surface area (TPSA) is 67.6 Å². The summed E-state index contributed by atoms with van der Waals surface area (Å²) in [5.74, 6) is 0.294. The Morgan fingerprint density at radius 3 is 2.85 bits per heavy atom. The summed E-state index contributed by atoms with van der Waals surface area (Å²) in [6.07, 6.45) is 0. The van der Waals surface area contributed by atoms with Gasteiger partial charge in [-0.1, -0.05) is 33.6 Å². The van der Waals surface area contributed by atoms with Gasteiger partial charge in [0.1, 0.15) is 11.6 Å². The molecule has 0 aliphatic rings. The van der Waals surface area contributed by atoms with Crippen molar-refractivity contribution < 1.29 is 0 Å². The van der Waals surface area contributed by atoms with E-state index in [4.69, 9.17) is 22.6 Å². The molecule has 2 aromatic carbocycles. The Labute approximate surface area is 128 Å². The van der Waals surface area contributed by atoms with Crippen LogP contribution in [0, 0.1) is 11.3 Å². The molecule has 2 N–H and O–H groups in total. The Bertz CT molecular complexity index is 863. The van der Waals surface area contributed by atoms with Crippen LogP contribution < -0.4 is 5.73 Å². The van der Waals surface area contributed by atoms with Crippen molar-refractivity contribution in [2.24, 2.45) is 0 Å². The van der Waals surface area contributed by atoms with Crippen molar-refractivity contribution in [2.45, 2.75) is 0 Å².